The van der Waals surface area contributed by atoms with E-state index in [1.807, 2.05) is 0 Å². The van der Waals surface area contributed by atoms with Crippen molar-refractivity contribution in [3.63, 3.8) is 0 Å². The van der Waals surface area contributed by atoms with Crippen molar-refractivity contribution in [3.05, 3.63) is 11.8 Å². The first-order chi connectivity index (χ1) is 8.61. The average Bonchev–Trinajstić information content (AvgIpc) is 2.72. The van der Waals surface area contributed by atoms with E-state index in [9.17, 15) is 9.59 Å². The molecule has 0 atom stereocenters. The average molecular weight is 256 g/mol. The first kappa shape index (κ1) is 14.0. The molecule has 8 nitrogen and oxygen atoms in total. The van der Waals surface area contributed by atoms with Gasteiger partial charge < -0.3 is 25.2 Å². The number of rotatable bonds is 6. The molecule has 0 aliphatic heterocycles. The fourth-order valence-corrected chi connectivity index (χ4v) is 1.10. The van der Waals surface area contributed by atoms with E-state index in [4.69, 9.17) is 9.26 Å². The molecule has 0 bridgehead atoms. The van der Waals surface area contributed by atoms with Gasteiger partial charge in [0.05, 0.1) is 13.2 Å². The van der Waals surface area contributed by atoms with Crippen LogP contribution in [0.4, 0.5) is 10.6 Å². The van der Waals surface area contributed by atoms with Gasteiger partial charge in [0.1, 0.15) is 5.76 Å². The van der Waals surface area contributed by atoms with Gasteiger partial charge in [-0.3, -0.25) is 4.79 Å². The van der Waals surface area contributed by atoms with Gasteiger partial charge in [0, 0.05) is 19.7 Å². The largest absolute Gasteiger partial charge is 0.383 e. The number of aromatic nitrogens is 1. The quantitative estimate of drug-likeness (QED) is 0.615. The SMILES string of the molecule is COCCNC(=O)NCC(=O)Nc1cc(C)on1. The Morgan fingerprint density at radius 2 is 2.22 bits per heavy atom. The number of ether oxygens (including phenoxy) is 1. The molecule has 0 aromatic carbocycles. The van der Waals surface area contributed by atoms with Crippen LogP contribution in [0.15, 0.2) is 10.6 Å². The normalized spacial score (nSPS) is 9.89. The van der Waals surface area contributed by atoms with E-state index in [-0.39, 0.29) is 12.5 Å². The minimum absolute atomic E-state index is 0.148. The maximum Gasteiger partial charge on any atom is 0.315 e. The molecule has 18 heavy (non-hydrogen) atoms. The Hall–Kier alpha value is -2.09. The predicted octanol–water partition coefficient (Wildman–Crippen LogP) is -0.133. The summed E-state index contributed by atoms with van der Waals surface area (Å²) in [5.74, 6) is 0.528. The van der Waals surface area contributed by atoms with Crippen molar-refractivity contribution >= 4 is 17.8 Å². The van der Waals surface area contributed by atoms with Crippen molar-refractivity contribution in [2.45, 2.75) is 6.92 Å². The first-order valence-electron chi connectivity index (χ1n) is 5.35. The molecule has 0 radical (unpaired) electrons. The van der Waals surface area contributed by atoms with Crippen LogP contribution in [0.2, 0.25) is 0 Å². The summed E-state index contributed by atoms with van der Waals surface area (Å²) in [6.45, 7) is 2.36. The molecule has 100 valence electrons. The van der Waals surface area contributed by atoms with Gasteiger partial charge in [-0.15, -0.1) is 0 Å². The van der Waals surface area contributed by atoms with Crippen molar-refractivity contribution in [1.29, 1.82) is 0 Å². The number of anilines is 1. The van der Waals surface area contributed by atoms with Gasteiger partial charge in [-0.25, -0.2) is 4.79 Å². The first-order valence-corrected chi connectivity index (χ1v) is 5.35. The summed E-state index contributed by atoms with van der Waals surface area (Å²) in [6, 6.07) is 1.15. The van der Waals surface area contributed by atoms with Gasteiger partial charge in [0.15, 0.2) is 5.82 Å². The molecule has 0 aliphatic rings. The Morgan fingerprint density at radius 3 is 2.83 bits per heavy atom. The third-order valence-corrected chi connectivity index (χ3v) is 1.90. The summed E-state index contributed by atoms with van der Waals surface area (Å²) in [4.78, 5) is 22.6. The lowest BCUT2D eigenvalue weighted by Gasteiger charge is -2.06. The molecule has 1 heterocycles. The minimum atomic E-state index is -0.432. The van der Waals surface area contributed by atoms with E-state index in [0.29, 0.717) is 24.7 Å². The molecule has 1 rings (SSSR count). The summed E-state index contributed by atoms with van der Waals surface area (Å²) in [7, 11) is 1.53. The van der Waals surface area contributed by atoms with Gasteiger partial charge in [-0.2, -0.15) is 0 Å². The second-order valence-electron chi connectivity index (χ2n) is 3.47. The Bertz CT molecular complexity index is 404. The number of amides is 3. The second-order valence-corrected chi connectivity index (χ2v) is 3.47. The van der Waals surface area contributed by atoms with Crippen LogP contribution in [0.25, 0.3) is 0 Å². The molecule has 3 amide bonds. The third kappa shape index (κ3) is 5.30. The van der Waals surface area contributed by atoms with Gasteiger partial charge in [-0.05, 0) is 6.92 Å². The highest BCUT2D eigenvalue weighted by Gasteiger charge is 2.07. The topological polar surface area (TPSA) is 105 Å². The van der Waals surface area contributed by atoms with Crippen LogP contribution in [-0.4, -0.2) is 43.9 Å². The van der Waals surface area contributed by atoms with Crippen LogP contribution in [-0.2, 0) is 9.53 Å². The summed E-state index contributed by atoms with van der Waals surface area (Å²) < 4.78 is 9.54. The standard InChI is InChI=1S/C10H16N4O4/c1-7-5-8(14-18-7)13-9(15)6-12-10(16)11-3-4-17-2/h5H,3-4,6H2,1-2H3,(H2,11,12,16)(H,13,14,15). The van der Waals surface area contributed by atoms with Crippen LogP contribution in [0.1, 0.15) is 5.76 Å². The summed E-state index contributed by atoms with van der Waals surface area (Å²) in [5, 5.41) is 11.0. The van der Waals surface area contributed by atoms with Crippen molar-refractivity contribution in [2.24, 2.45) is 0 Å². The number of hydrogen-bond acceptors (Lipinski definition) is 5. The van der Waals surface area contributed by atoms with Crippen molar-refractivity contribution < 1.29 is 18.8 Å². The molecule has 0 saturated heterocycles. The van der Waals surface area contributed by atoms with E-state index in [1.54, 1.807) is 13.0 Å². The van der Waals surface area contributed by atoms with Crippen LogP contribution in [0.3, 0.4) is 0 Å². The third-order valence-electron chi connectivity index (χ3n) is 1.90. The number of methoxy groups -OCH3 is 1. The smallest absolute Gasteiger partial charge is 0.315 e. The number of carbonyl (C=O) groups is 2. The summed E-state index contributed by atoms with van der Waals surface area (Å²) >= 11 is 0. The maximum absolute atomic E-state index is 11.4. The second kappa shape index (κ2) is 7.28. The summed E-state index contributed by atoms with van der Waals surface area (Å²) in [6.07, 6.45) is 0. The Kier molecular flexibility index (Phi) is 5.65. The van der Waals surface area contributed by atoms with Crippen LogP contribution < -0.4 is 16.0 Å². The number of aryl methyl sites for hydroxylation is 1. The van der Waals surface area contributed by atoms with Crippen molar-refractivity contribution in [1.82, 2.24) is 15.8 Å². The van der Waals surface area contributed by atoms with E-state index in [1.165, 1.54) is 7.11 Å². The Labute approximate surface area is 104 Å². The molecular weight excluding hydrogens is 240 g/mol. The molecule has 1 aromatic rings. The molecule has 0 spiro atoms. The zero-order valence-electron chi connectivity index (χ0n) is 10.3. The lowest BCUT2D eigenvalue weighted by Crippen LogP contribution is -2.41. The highest BCUT2D eigenvalue weighted by Crippen LogP contribution is 2.05. The molecule has 0 saturated carbocycles. The number of hydrogen-bond donors (Lipinski definition) is 3. The zero-order chi connectivity index (χ0) is 13.4. The highest BCUT2D eigenvalue weighted by atomic mass is 16.5. The lowest BCUT2D eigenvalue weighted by atomic mass is 10.5. The maximum atomic E-state index is 11.4. The molecule has 0 fully saturated rings. The molecule has 8 heteroatoms. The van der Waals surface area contributed by atoms with Gasteiger partial charge in [0.25, 0.3) is 0 Å². The highest BCUT2D eigenvalue weighted by molar-refractivity contribution is 5.93. The van der Waals surface area contributed by atoms with Crippen LogP contribution >= 0.6 is 0 Å². The molecule has 1 aromatic heterocycles. The van der Waals surface area contributed by atoms with Crippen LogP contribution in [0, 0.1) is 6.92 Å². The fraction of sp³-hybridized carbons (Fsp3) is 0.500. The van der Waals surface area contributed by atoms with E-state index < -0.39 is 6.03 Å². The lowest BCUT2D eigenvalue weighted by molar-refractivity contribution is -0.115. The summed E-state index contributed by atoms with van der Waals surface area (Å²) in [5.41, 5.74) is 0. The van der Waals surface area contributed by atoms with Crippen molar-refractivity contribution in [2.75, 3.05) is 32.1 Å². The molecular formula is C10H16N4O4. The van der Waals surface area contributed by atoms with Crippen molar-refractivity contribution in [3.8, 4) is 0 Å². The van der Waals surface area contributed by atoms with Crippen LogP contribution in [0.5, 0.6) is 0 Å². The van der Waals surface area contributed by atoms with E-state index in [0.717, 1.165) is 0 Å². The molecule has 0 aliphatic carbocycles. The van der Waals surface area contributed by atoms with Gasteiger partial charge in [0.2, 0.25) is 5.91 Å². The predicted molar refractivity (Wildman–Crippen MR) is 63.1 cm³/mol. The van der Waals surface area contributed by atoms with Gasteiger partial charge >= 0.3 is 6.03 Å². The Balaban J connectivity index is 2.18. The fourth-order valence-electron chi connectivity index (χ4n) is 1.10. The number of nitrogens with one attached hydrogen (secondary N) is 3. The number of carbonyl (C=O) groups excluding carboxylic acids is 2. The molecule has 3 N–H and O–H groups in total. The van der Waals surface area contributed by atoms with E-state index >= 15 is 0 Å². The molecule has 0 unspecified atom stereocenters. The minimum Gasteiger partial charge on any atom is -0.383 e. The monoisotopic (exact) mass is 256 g/mol. The Morgan fingerprint density at radius 1 is 1.44 bits per heavy atom. The van der Waals surface area contributed by atoms with E-state index in [2.05, 4.69) is 21.1 Å². The van der Waals surface area contributed by atoms with Gasteiger partial charge in [-0.1, -0.05) is 5.16 Å². The number of urea groups is 1. The zero-order valence-corrected chi connectivity index (χ0v) is 10.3. The number of nitrogens with zero attached hydrogens (tertiary/aromatic N) is 1.